The van der Waals surface area contributed by atoms with Gasteiger partial charge in [-0.05, 0) is 19.4 Å². The van der Waals surface area contributed by atoms with Crippen LogP contribution in [0.4, 0.5) is 0 Å². The number of nitrogens with zero attached hydrogens (tertiary/aromatic N) is 2. The molecule has 0 spiro atoms. The van der Waals surface area contributed by atoms with Crippen molar-refractivity contribution in [3.8, 4) is 6.07 Å². The summed E-state index contributed by atoms with van der Waals surface area (Å²) in [5.74, 6) is -0.392. The first-order valence-corrected chi connectivity index (χ1v) is 7.36. The highest BCUT2D eigenvalue weighted by Gasteiger charge is 2.20. The zero-order valence-electron chi connectivity index (χ0n) is 13.1. The lowest BCUT2D eigenvalue weighted by molar-refractivity contribution is -0.150. The number of benzene rings is 1. The highest BCUT2D eigenvalue weighted by molar-refractivity contribution is 5.72. The van der Waals surface area contributed by atoms with Gasteiger partial charge >= 0.3 is 5.97 Å². The van der Waals surface area contributed by atoms with E-state index in [1.54, 1.807) is 0 Å². The Morgan fingerprint density at radius 2 is 1.95 bits per heavy atom. The molecule has 0 aliphatic rings. The van der Waals surface area contributed by atoms with Crippen molar-refractivity contribution in [2.45, 2.75) is 39.8 Å². The number of carbonyl (C=O) groups excluding carboxylic acids is 1. The van der Waals surface area contributed by atoms with Crippen molar-refractivity contribution >= 4 is 5.97 Å². The molecular formula is C17H24N2O2. The van der Waals surface area contributed by atoms with E-state index in [0.717, 1.165) is 5.56 Å². The third-order valence-corrected chi connectivity index (χ3v) is 3.38. The molecule has 4 nitrogen and oxygen atoms in total. The molecule has 0 amide bonds. The highest BCUT2D eigenvalue weighted by atomic mass is 16.5. The minimum Gasteiger partial charge on any atom is -0.461 e. The summed E-state index contributed by atoms with van der Waals surface area (Å²) < 4.78 is 5.34. The minimum atomic E-state index is -0.199. The van der Waals surface area contributed by atoms with E-state index in [-0.39, 0.29) is 11.9 Å². The smallest absolute Gasteiger partial charge is 0.310 e. The van der Waals surface area contributed by atoms with Crippen molar-refractivity contribution in [3.05, 3.63) is 35.9 Å². The lowest BCUT2D eigenvalue weighted by Crippen LogP contribution is -2.38. The van der Waals surface area contributed by atoms with Gasteiger partial charge in [-0.25, -0.2) is 0 Å². The Morgan fingerprint density at radius 3 is 2.52 bits per heavy atom. The second kappa shape index (κ2) is 9.15. The van der Waals surface area contributed by atoms with Gasteiger partial charge in [0.25, 0.3) is 0 Å². The third kappa shape index (κ3) is 6.42. The summed E-state index contributed by atoms with van der Waals surface area (Å²) in [5, 5.41) is 8.68. The van der Waals surface area contributed by atoms with Gasteiger partial charge in [0.05, 0.1) is 12.0 Å². The van der Waals surface area contributed by atoms with Gasteiger partial charge in [0.1, 0.15) is 6.61 Å². The van der Waals surface area contributed by atoms with Crippen LogP contribution in [0.15, 0.2) is 30.3 Å². The zero-order valence-corrected chi connectivity index (χ0v) is 13.1. The van der Waals surface area contributed by atoms with Gasteiger partial charge in [0.15, 0.2) is 0 Å². The van der Waals surface area contributed by atoms with Gasteiger partial charge < -0.3 is 4.74 Å². The molecule has 1 rings (SSSR count). The van der Waals surface area contributed by atoms with E-state index < -0.39 is 0 Å². The van der Waals surface area contributed by atoms with Crippen molar-refractivity contribution < 1.29 is 9.53 Å². The quantitative estimate of drug-likeness (QED) is 0.690. The summed E-state index contributed by atoms with van der Waals surface area (Å²) in [6.45, 7) is 7.62. The number of hydrogen-bond acceptors (Lipinski definition) is 4. The van der Waals surface area contributed by atoms with E-state index in [0.29, 0.717) is 32.2 Å². The van der Waals surface area contributed by atoms with Crippen LogP contribution in [0, 0.1) is 17.2 Å². The monoisotopic (exact) mass is 288 g/mol. The number of esters is 1. The van der Waals surface area contributed by atoms with Gasteiger partial charge in [0.2, 0.25) is 0 Å². The van der Waals surface area contributed by atoms with E-state index in [4.69, 9.17) is 10.00 Å². The van der Waals surface area contributed by atoms with E-state index >= 15 is 0 Å². The van der Waals surface area contributed by atoms with Crippen LogP contribution in [0.3, 0.4) is 0 Å². The Bertz CT molecular complexity index is 465. The fourth-order valence-corrected chi connectivity index (χ4v) is 2.05. The fourth-order valence-electron chi connectivity index (χ4n) is 2.05. The molecule has 0 aliphatic carbocycles. The van der Waals surface area contributed by atoms with Crippen LogP contribution in [0.5, 0.6) is 0 Å². The minimum absolute atomic E-state index is 0.193. The standard InChI is InChI=1S/C17H24N2O2/c1-14(2)19(11-7-10-18)12-15(3)17(20)21-13-16-8-5-4-6-9-16/h4-6,8-9,14-15H,7,11-13H2,1-3H3. The van der Waals surface area contributed by atoms with Crippen molar-refractivity contribution in [2.24, 2.45) is 5.92 Å². The molecular weight excluding hydrogens is 264 g/mol. The maximum atomic E-state index is 12.0. The summed E-state index contributed by atoms with van der Waals surface area (Å²) in [6.07, 6.45) is 0.476. The van der Waals surface area contributed by atoms with Crippen molar-refractivity contribution in [2.75, 3.05) is 13.1 Å². The molecule has 21 heavy (non-hydrogen) atoms. The topological polar surface area (TPSA) is 53.3 Å². The number of hydrogen-bond donors (Lipinski definition) is 0. The molecule has 0 radical (unpaired) electrons. The third-order valence-electron chi connectivity index (χ3n) is 3.38. The molecule has 1 aromatic rings. The maximum absolute atomic E-state index is 12.0. The van der Waals surface area contributed by atoms with Crippen LogP contribution in [0.25, 0.3) is 0 Å². The molecule has 0 saturated carbocycles. The SMILES string of the molecule is CC(CN(CCC#N)C(C)C)C(=O)OCc1ccccc1. The molecule has 1 atom stereocenters. The van der Waals surface area contributed by atoms with Gasteiger partial charge in [-0.15, -0.1) is 0 Å². The lowest BCUT2D eigenvalue weighted by atomic mass is 10.1. The summed E-state index contributed by atoms with van der Waals surface area (Å²) >= 11 is 0. The number of nitriles is 1. The first-order chi connectivity index (χ1) is 10.0. The van der Waals surface area contributed by atoms with Gasteiger partial charge in [-0.1, -0.05) is 37.3 Å². The first-order valence-electron chi connectivity index (χ1n) is 7.36. The average Bonchev–Trinajstić information content (AvgIpc) is 2.49. The molecule has 0 fully saturated rings. The van der Waals surface area contributed by atoms with Crippen LogP contribution < -0.4 is 0 Å². The van der Waals surface area contributed by atoms with Gasteiger partial charge in [0, 0.05) is 25.6 Å². The fraction of sp³-hybridized carbons (Fsp3) is 0.529. The van der Waals surface area contributed by atoms with Crippen LogP contribution in [0.2, 0.25) is 0 Å². The summed E-state index contributed by atoms with van der Waals surface area (Å²) in [6, 6.07) is 12.1. The summed E-state index contributed by atoms with van der Waals surface area (Å²) in [5.41, 5.74) is 0.989. The Hall–Kier alpha value is -1.86. The number of ether oxygens (including phenoxy) is 1. The van der Waals surface area contributed by atoms with E-state index in [1.807, 2.05) is 37.3 Å². The van der Waals surface area contributed by atoms with Crippen molar-refractivity contribution in [1.29, 1.82) is 5.26 Å². The largest absolute Gasteiger partial charge is 0.461 e. The predicted molar refractivity (Wildman–Crippen MR) is 82.3 cm³/mol. The highest BCUT2D eigenvalue weighted by Crippen LogP contribution is 2.09. The number of carbonyl (C=O) groups is 1. The van der Waals surface area contributed by atoms with E-state index in [2.05, 4.69) is 24.8 Å². The zero-order chi connectivity index (χ0) is 15.7. The van der Waals surface area contributed by atoms with Gasteiger partial charge in [-0.3, -0.25) is 9.69 Å². The molecule has 0 aromatic heterocycles. The van der Waals surface area contributed by atoms with Crippen molar-refractivity contribution in [3.63, 3.8) is 0 Å². The van der Waals surface area contributed by atoms with Crippen LogP contribution in [-0.2, 0) is 16.1 Å². The Morgan fingerprint density at radius 1 is 1.29 bits per heavy atom. The molecule has 0 bridgehead atoms. The second-order valence-electron chi connectivity index (χ2n) is 5.49. The van der Waals surface area contributed by atoms with Crippen LogP contribution in [-0.4, -0.2) is 30.0 Å². The number of rotatable bonds is 8. The molecule has 0 saturated heterocycles. The second-order valence-corrected chi connectivity index (χ2v) is 5.49. The lowest BCUT2D eigenvalue weighted by Gasteiger charge is -2.27. The summed E-state index contributed by atoms with van der Waals surface area (Å²) in [4.78, 5) is 14.2. The van der Waals surface area contributed by atoms with Crippen LogP contribution in [0.1, 0.15) is 32.8 Å². The maximum Gasteiger partial charge on any atom is 0.310 e. The van der Waals surface area contributed by atoms with Crippen molar-refractivity contribution in [1.82, 2.24) is 4.90 Å². The first kappa shape index (κ1) is 17.2. The Balaban J connectivity index is 2.44. The Kier molecular flexibility index (Phi) is 7.49. The van der Waals surface area contributed by atoms with E-state index in [1.165, 1.54) is 0 Å². The molecule has 4 heteroatoms. The Labute approximate surface area is 127 Å². The molecule has 0 heterocycles. The average molecular weight is 288 g/mol. The summed E-state index contributed by atoms with van der Waals surface area (Å²) in [7, 11) is 0. The van der Waals surface area contributed by atoms with E-state index in [9.17, 15) is 4.79 Å². The molecule has 1 aromatic carbocycles. The van der Waals surface area contributed by atoms with Gasteiger partial charge in [-0.2, -0.15) is 5.26 Å². The normalized spacial score (nSPS) is 12.2. The predicted octanol–water partition coefficient (Wildman–Crippen LogP) is 2.99. The molecule has 0 N–H and O–H groups in total. The molecule has 0 aliphatic heterocycles. The molecule has 1 unspecified atom stereocenters. The van der Waals surface area contributed by atoms with Crippen LogP contribution >= 0.6 is 0 Å². The molecule has 114 valence electrons.